The molecule has 0 atom stereocenters. The Bertz CT molecular complexity index is 411. The van der Waals surface area contributed by atoms with Crippen LogP contribution < -0.4 is 0 Å². The summed E-state index contributed by atoms with van der Waals surface area (Å²) in [6, 6.07) is 0. The highest BCUT2D eigenvalue weighted by molar-refractivity contribution is 7.90. The first-order chi connectivity index (χ1) is 6.89. The standard InChI is InChI=1S/C9H15N3O2S/c1-12(2)5-4-9-10-6-8(7-11-9)15(3,13)14/h6-7H,4-5H2,1-3H3. The van der Waals surface area contributed by atoms with Gasteiger partial charge >= 0.3 is 0 Å². The van der Waals surface area contributed by atoms with Gasteiger partial charge in [0.15, 0.2) is 9.84 Å². The van der Waals surface area contributed by atoms with Crippen LogP contribution in [0.4, 0.5) is 0 Å². The third-order valence-corrected chi connectivity index (χ3v) is 2.96. The first-order valence-electron chi connectivity index (χ1n) is 4.55. The van der Waals surface area contributed by atoms with Crippen molar-refractivity contribution in [1.82, 2.24) is 14.9 Å². The van der Waals surface area contributed by atoms with Gasteiger partial charge in [0, 0.05) is 31.6 Å². The van der Waals surface area contributed by atoms with Crippen LogP contribution in [0.15, 0.2) is 17.3 Å². The third-order valence-electron chi connectivity index (χ3n) is 1.89. The molecule has 5 nitrogen and oxygen atoms in total. The van der Waals surface area contributed by atoms with E-state index in [0.717, 1.165) is 19.2 Å². The van der Waals surface area contributed by atoms with Crippen molar-refractivity contribution in [2.45, 2.75) is 11.3 Å². The SMILES string of the molecule is CN(C)CCc1ncc(S(C)(=O)=O)cn1. The number of hydrogen-bond acceptors (Lipinski definition) is 5. The van der Waals surface area contributed by atoms with E-state index in [2.05, 4.69) is 9.97 Å². The minimum atomic E-state index is -3.19. The van der Waals surface area contributed by atoms with Gasteiger partial charge < -0.3 is 4.90 Å². The van der Waals surface area contributed by atoms with Gasteiger partial charge in [0.1, 0.15) is 10.7 Å². The fourth-order valence-corrected chi connectivity index (χ4v) is 1.48. The molecule has 0 aliphatic rings. The maximum Gasteiger partial charge on any atom is 0.178 e. The van der Waals surface area contributed by atoms with E-state index >= 15 is 0 Å². The molecule has 15 heavy (non-hydrogen) atoms. The van der Waals surface area contributed by atoms with Crippen LogP contribution in [0.25, 0.3) is 0 Å². The summed E-state index contributed by atoms with van der Waals surface area (Å²) in [7, 11) is 0.740. The monoisotopic (exact) mass is 229 g/mol. The van der Waals surface area contributed by atoms with E-state index in [9.17, 15) is 8.42 Å². The molecule has 0 spiro atoms. The van der Waals surface area contributed by atoms with Gasteiger partial charge in [-0.1, -0.05) is 0 Å². The molecule has 0 aliphatic heterocycles. The zero-order chi connectivity index (χ0) is 11.5. The third kappa shape index (κ3) is 3.93. The maximum absolute atomic E-state index is 11.1. The molecule has 0 aliphatic carbocycles. The molecule has 1 aromatic rings. The van der Waals surface area contributed by atoms with Gasteiger partial charge in [0.25, 0.3) is 0 Å². The van der Waals surface area contributed by atoms with Crippen LogP contribution >= 0.6 is 0 Å². The van der Waals surface area contributed by atoms with Crippen LogP contribution in [0.3, 0.4) is 0 Å². The van der Waals surface area contributed by atoms with Crippen molar-refractivity contribution >= 4 is 9.84 Å². The van der Waals surface area contributed by atoms with Gasteiger partial charge in [0.2, 0.25) is 0 Å². The number of sulfone groups is 1. The predicted octanol–water partition coefficient (Wildman–Crippen LogP) is -0.0158. The molecular weight excluding hydrogens is 214 g/mol. The Kier molecular flexibility index (Phi) is 3.76. The van der Waals surface area contributed by atoms with E-state index in [1.54, 1.807) is 0 Å². The molecule has 1 rings (SSSR count). The molecule has 0 saturated heterocycles. The first kappa shape index (κ1) is 12.1. The fourth-order valence-electron chi connectivity index (χ4n) is 0.987. The van der Waals surface area contributed by atoms with Gasteiger partial charge in [-0.15, -0.1) is 0 Å². The number of rotatable bonds is 4. The van der Waals surface area contributed by atoms with Crippen molar-refractivity contribution in [3.8, 4) is 0 Å². The molecule has 0 amide bonds. The summed E-state index contributed by atoms with van der Waals surface area (Å²) >= 11 is 0. The molecule has 6 heteroatoms. The largest absolute Gasteiger partial charge is 0.309 e. The molecule has 0 bridgehead atoms. The Balaban J connectivity index is 2.73. The minimum Gasteiger partial charge on any atom is -0.309 e. The van der Waals surface area contributed by atoms with Crippen molar-refractivity contribution in [3.63, 3.8) is 0 Å². The van der Waals surface area contributed by atoms with Crippen LogP contribution in [0, 0.1) is 0 Å². The number of nitrogens with zero attached hydrogens (tertiary/aromatic N) is 3. The van der Waals surface area contributed by atoms with Crippen LogP contribution in [-0.2, 0) is 16.3 Å². The van der Waals surface area contributed by atoms with Crippen LogP contribution in [0.5, 0.6) is 0 Å². The molecule has 1 aromatic heterocycles. The molecule has 0 aromatic carbocycles. The van der Waals surface area contributed by atoms with Crippen LogP contribution in [0.2, 0.25) is 0 Å². The molecule has 84 valence electrons. The van der Waals surface area contributed by atoms with Crippen molar-refractivity contribution in [2.75, 3.05) is 26.9 Å². The van der Waals surface area contributed by atoms with E-state index in [0.29, 0.717) is 5.82 Å². The Morgan fingerprint density at radius 3 is 2.20 bits per heavy atom. The Labute approximate surface area is 90.1 Å². The highest BCUT2D eigenvalue weighted by atomic mass is 32.2. The van der Waals surface area contributed by atoms with Gasteiger partial charge in [-0.3, -0.25) is 0 Å². The predicted molar refractivity (Wildman–Crippen MR) is 57.4 cm³/mol. The van der Waals surface area contributed by atoms with Gasteiger partial charge in [-0.05, 0) is 14.1 Å². The molecule has 0 fully saturated rings. The van der Waals surface area contributed by atoms with E-state index in [4.69, 9.17) is 0 Å². The Morgan fingerprint density at radius 1 is 1.27 bits per heavy atom. The lowest BCUT2D eigenvalue weighted by atomic mass is 10.4. The quantitative estimate of drug-likeness (QED) is 0.726. The zero-order valence-corrected chi connectivity index (χ0v) is 9.95. The van der Waals surface area contributed by atoms with Gasteiger partial charge in [0.05, 0.1) is 0 Å². The van der Waals surface area contributed by atoms with Crippen molar-refractivity contribution in [2.24, 2.45) is 0 Å². The summed E-state index contributed by atoms with van der Waals surface area (Å²) in [5, 5.41) is 0. The number of aromatic nitrogens is 2. The second kappa shape index (κ2) is 4.67. The van der Waals surface area contributed by atoms with Crippen molar-refractivity contribution in [1.29, 1.82) is 0 Å². The normalized spacial score (nSPS) is 12.0. The average molecular weight is 229 g/mol. The summed E-state index contributed by atoms with van der Waals surface area (Å²) in [6.07, 6.45) is 4.57. The molecule has 0 saturated carbocycles. The summed E-state index contributed by atoms with van der Waals surface area (Å²) in [5.74, 6) is 0.663. The lowest BCUT2D eigenvalue weighted by Crippen LogP contribution is -2.16. The van der Waals surface area contributed by atoms with E-state index < -0.39 is 9.84 Å². The summed E-state index contributed by atoms with van der Waals surface area (Å²) < 4.78 is 22.2. The maximum atomic E-state index is 11.1. The van der Waals surface area contributed by atoms with Gasteiger partial charge in [-0.25, -0.2) is 18.4 Å². The second-order valence-electron chi connectivity index (χ2n) is 3.66. The van der Waals surface area contributed by atoms with Crippen LogP contribution in [-0.4, -0.2) is 50.2 Å². The Hall–Kier alpha value is -1.01. The van der Waals surface area contributed by atoms with E-state index in [1.165, 1.54) is 12.4 Å². The summed E-state index contributed by atoms with van der Waals surface area (Å²) in [5.41, 5.74) is 0. The highest BCUT2D eigenvalue weighted by Crippen LogP contribution is 2.04. The lowest BCUT2D eigenvalue weighted by Gasteiger charge is -2.07. The number of likely N-dealkylation sites (N-methyl/N-ethyl adjacent to an activating group) is 1. The number of hydrogen-bond donors (Lipinski definition) is 0. The molecule has 0 N–H and O–H groups in total. The van der Waals surface area contributed by atoms with E-state index in [1.807, 2.05) is 19.0 Å². The second-order valence-corrected chi connectivity index (χ2v) is 5.68. The smallest absolute Gasteiger partial charge is 0.178 e. The molecule has 1 heterocycles. The molecule has 0 radical (unpaired) electrons. The summed E-state index contributed by atoms with van der Waals surface area (Å²) in [4.78, 5) is 10.2. The topological polar surface area (TPSA) is 63.2 Å². The minimum absolute atomic E-state index is 0.163. The molecule has 0 unspecified atom stereocenters. The Morgan fingerprint density at radius 2 is 1.80 bits per heavy atom. The average Bonchev–Trinajstić information content (AvgIpc) is 2.14. The first-order valence-corrected chi connectivity index (χ1v) is 6.44. The molecular formula is C9H15N3O2S. The summed E-state index contributed by atoms with van der Waals surface area (Å²) in [6.45, 7) is 0.845. The fraction of sp³-hybridized carbons (Fsp3) is 0.556. The lowest BCUT2D eigenvalue weighted by molar-refractivity contribution is 0.409. The van der Waals surface area contributed by atoms with Crippen molar-refractivity contribution < 1.29 is 8.42 Å². The van der Waals surface area contributed by atoms with E-state index in [-0.39, 0.29) is 4.90 Å². The highest BCUT2D eigenvalue weighted by Gasteiger charge is 2.08. The van der Waals surface area contributed by atoms with Crippen LogP contribution in [0.1, 0.15) is 5.82 Å². The van der Waals surface area contributed by atoms with Gasteiger partial charge in [-0.2, -0.15) is 0 Å². The van der Waals surface area contributed by atoms with Crippen molar-refractivity contribution in [3.05, 3.63) is 18.2 Å². The zero-order valence-electron chi connectivity index (χ0n) is 9.14.